The Bertz CT molecular complexity index is 316. The monoisotopic (exact) mass is 251 g/mol. The van der Waals surface area contributed by atoms with E-state index in [9.17, 15) is 9.90 Å². The number of hydrogen-bond acceptors (Lipinski definition) is 2. The molecule has 1 atom stereocenters. The van der Waals surface area contributed by atoms with Crippen LogP contribution in [0.25, 0.3) is 0 Å². The first-order valence-corrected chi connectivity index (χ1v) is 7.71. The number of carbonyl (C=O) groups is 1. The molecule has 0 bridgehead atoms. The van der Waals surface area contributed by atoms with Crippen molar-refractivity contribution in [3.8, 4) is 0 Å². The van der Waals surface area contributed by atoms with Crippen molar-refractivity contribution in [2.45, 2.75) is 63.4 Å². The van der Waals surface area contributed by atoms with Crippen LogP contribution in [0, 0.1) is 11.8 Å². The fourth-order valence-corrected chi connectivity index (χ4v) is 4.25. The van der Waals surface area contributed by atoms with Gasteiger partial charge in [0.15, 0.2) is 0 Å². The minimum Gasteiger partial charge on any atom is -0.380 e. The van der Waals surface area contributed by atoms with Gasteiger partial charge in [-0.2, -0.15) is 0 Å². The van der Waals surface area contributed by atoms with Crippen LogP contribution in [0.5, 0.6) is 0 Å². The van der Waals surface area contributed by atoms with Gasteiger partial charge in [-0.25, -0.2) is 0 Å². The van der Waals surface area contributed by atoms with Crippen molar-refractivity contribution in [3.05, 3.63) is 0 Å². The summed E-state index contributed by atoms with van der Waals surface area (Å²) < 4.78 is 0. The summed E-state index contributed by atoms with van der Waals surface area (Å²) in [4.78, 5) is 14.4. The van der Waals surface area contributed by atoms with Crippen molar-refractivity contribution < 1.29 is 9.90 Å². The van der Waals surface area contributed by atoms with Crippen LogP contribution in [0.15, 0.2) is 0 Å². The molecular weight excluding hydrogens is 226 g/mol. The van der Waals surface area contributed by atoms with E-state index >= 15 is 0 Å². The van der Waals surface area contributed by atoms with Gasteiger partial charge in [-0.1, -0.05) is 25.7 Å². The summed E-state index contributed by atoms with van der Waals surface area (Å²) in [6.07, 6.45) is 9.98. The summed E-state index contributed by atoms with van der Waals surface area (Å²) in [7, 11) is 0. The van der Waals surface area contributed by atoms with Crippen molar-refractivity contribution in [1.82, 2.24) is 4.90 Å². The van der Waals surface area contributed by atoms with Crippen LogP contribution < -0.4 is 0 Å². The molecule has 1 saturated heterocycles. The van der Waals surface area contributed by atoms with Gasteiger partial charge in [0, 0.05) is 13.1 Å². The van der Waals surface area contributed by atoms with Crippen molar-refractivity contribution >= 4 is 5.91 Å². The Morgan fingerprint density at radius 1 is 1.00 bits per heavy atom. The van der Waals surface area contributed by atoms with E-state index in [-0.39, 0.29) is 5.91 Å². The topological polar surface area (TPSA) is 40.5 Å². The standard InChI is InChI=1S/C15H25NO2/c17-14(15(18)8-3-4-9-15)16-10-7-13(11-16)12-5-1-2-6-12/h12-13,18H,1-11H2. The lowest BCUT2D eigenvalue weighted by atomic mass is 9.90. The molecule has 1 amide bonds. The molecule has 1 aliphatic heterocycles. The lowest BCUT2D eigenvalue weighted by Gasteiger charge is -2.28. The third-order valence-corrected chi connectivity index (χ3v) is 5.41. The average Bonchev–Trinajstić information content (AvgIpc) is 3.09. The lowest BCUT2D eigenvalue weighted by Crippen LogP contribution is -2.46. The maximum Gasteiger partial charge on any atom is 0.254 e. The molecule has 3 nitrogen and oxygen atoms in total. The number of nitrogens with zero attached hydrogens (tertiary/aromatic N) is 1. The van der Waals surface area contributed by atoms with E-state index in [4.69, 9.17) is 0 Å². The smallest absolute Gasteiger partial charge is 0.254 e. The quantitative estimate of drug-likeness (QED) is 0.818. The predicted molar refractivity (Wildman–Crippen MR) is 70.1 cm³/mol. The zero-order valence-electron chi connectivity index (χ0n) is 11.2. The summed E-state index contributed by atoms with van der Waals surface area (Å²) in [5.74, 6) is 1.59. The number of hydrogen-bond donors (Lipinski definition) is 1. The number of amides is 1. The molecule has 0 spiro atoms. The zero-order valence-corrected chi connectivity index (χ0v) is 11.2. The molecular formula is C15H25NO2. The number of aliphatic hydroxyl groups is 1. The minimum atomic E-state index is -1.01. The zero-order chi connectivity index (χ0) is 12.6. The summed E-state index contributed by atoms with van der Waals surface area (Å²) in [6.45, 7) is 1.79. The second kappa shape index (κ2) is 4.84. The molecule has 3 aliphatic rings. The summed E-state index contributed by atoms with van der Waals surface area (Å²) in [5, 5.41) is 10.4. The van der Waals surface area contributed by atoms with Crippen LogP contribution in [0.3, 0.4) is 0 Å². The fraction of sp³-hybridized carbons (Fsp3) is 0.933. The van der Waals surface area contributed by atoms with Gasteiger partial charge < -0.3 is 10.0 Å². The van der Waals surface area contributed by atoms with Gasteiger partial charge in [-0.15, -0.1) is 0 Å². The number of likely N-dealkylation sites (tertiary alicyclic amines) is 1. The number of rotatable bonds is 2. The van der Waals surface area contributed by atoms with Gasteiger partial charge in [0.25, 0.3) is 5.91 Å². The maximum absolute atomic E-state index is 12.4. The molecule has 3 rings (SSSR count). The van der Waals surface area contributed by atoms with E-state index in [0.29, 0.717) is 18.8 Å². The van der Waals surface area contributed by atoms with E-state index in [2.05, 4.69) is 0 Å². The van der Waals surface area contributed by atoms with Crippen molar-refractivity contribution in [1.29, 1.82) is 0 Å². The first-order chi connectivity index (χ1) is 8.69. The first kappa shape index (κ1) is 12.5. The molecule has 18 heavy (non-hydrogen) atoms. The van der Waals surface area contributed by atoms with Crippen LogP contribution in [-0.4, -0.2) is 34.6 Å². The van der Waals surface area contributed by atoms with Crippen molar-refractivity contribution in [2.24, 2.45) is 11.8 Å². The van der Waals surface area contributed by atoms with E-state index in [1.54, 1.807) is 0 Å². The molecule has 0 aromatic rings. The van der Waals surface area contributed by atoms with E-state index in [1.165, 1.54) is 25.7 Å². The molecule has 1 unspecified atom stereocenters. The third-order valence-electron chi connectivity index (χ3n) is 5.41. The summed E-state index contributed by atoms with van der Waals surface area (Å²) in [6, 6.07) is 0. The fourth-order valence-electron chi connectivity index (χ4n) is 4.25. The number of carbonyl (C=O) groups excluding carboxylic acids is 1. The minimum absolute atomic E-state index is 0.0282. The van der Waals surface area contributed by atoms with Crippen LogP contribution in [0.1, 0.15) is 57.8 Å². The Morgan fingerprint density at radius 3 is 2.33 bits per heavy atom. The van der Waals surface area contributed by atoms with Crippen LogP contribution in [-0.2, 0) is 4.79 Å². The second-order valence-electron chi connectivity index (χ2n) is 6.58. The van der Waals surface area contributed by atoms with Gasteiger partial charge in [0.1, 0.15) is 5.60 Å². The van der Waals surface area contributed by atoms with Crippen LogP contribution >= 0.6 is 0 Å². The molecule has 2 aliphatic carbocycles. The third kappa shape index (κ3) is 2.18. The molecule has 3 heteroatoms. The van der Waals surface area contributed by atoms with Crippen molar-refractivity contribution in [2.75, 3.05) is 13.1 Å². The second-order valence-corrected chi connectivity index (χ2v) is 6.58. The lowest BCUT2D eigenvalue weighted by molar-refractivity contribution is -0.149. The molecule has 1 heterocycles. The molecule has 0 radical (unpaired) electrons. The Morgan fingerprint density at radius 2 is 1.67 bits per heavy atom. The summed E-state index contributed by atoms with van der Waals surface area (Å²) in [5.41, 5.74) is -1.01. The molecule has 1 N–H and O–H groups in total. The molecule has 2 saturated carbocycles. The molecule has 102 valence electrons. The largest absolute Gasteiger partial charge is 0.380 e. The van der Waals surface area contributed by atoms with Crippen molar-refractivity contribution in [3.63, 3.8) is 0 Å². The van der Waals surface area contributed by atoms with Gasteiger partial charge in [0.2, 0.25) is 0 Å². The van der Waals surface area contributed by atoms with Crippen LogP contribution in [0.2, 0.25) is 0 Å². The molecule has 0 aromatic heterocycles. The van der Waals surface area contributed by atoms with Gasteiger partial charge in [-0.05, 0) is 43.9 Å². The highest BCUT2D eigenvalue weighted by Crippen LogP contribution is 2.38. The Kier molecular flexibility index (Phi) is 3.35. The average molecular weight is 251 g/mol. The Balaban J connectivity index is 1.59. The first-order valence-electron chi connectivity index (χ1n) is 7.71. The normalized spacial score (nSPS) is 32.3. The SMILES string of the molecule is O=C(N1CCC(C2CCCC2)C1)C1(O)CCCC1. The molecule has 0 aromatic carbocycles. The highest BCUT2D eigenvalue weighted by Gasteiger charge is 2.44. The van der Waals surface area contributed by atoms with Gasteiger partial charge in [0.05, 0.1) is 0 Å². The highest BCUT2D eigenvalue weighted by atomic mass is 16.3. The van der Waals surface area contributed by atoms with Gasteiger partial charge >= 0.3 is 0 Å². The van der Waals surface area contributed by atoms with E-state index < -0.39 is 5.60 Å². The van der Waals surface area contributed by atoms with Crippen LogP contribution in [0.4, 0.5) is 0 Å². The van der Waals surface area contributed by atoms with E-state index in [1.807, 2.05) is 4.90 Å². The Labute approximate surface area is 110 Å². The summed E-state index contributed by atoms with van der Waals surface area (Å²) >= 11 is 0. The predicted octanol–water partition coefficient (Wildman–Crippen LogP) is 2.33. The Hall–Kier alpha value is -0.570. The molecule has 3 fully saturated rings. The van der Waals surface area contributed by atoms with Gasteiger partial charge in [-0.3, -0.25) is 4.79 Å². The highest BCUT2D eigenvalue weighted by molar-refractivity contribution is 5.85. The maximum atomic E-state index is 12.4. The van der Waals surface area contributed by atoms with E-state index in [0.717, 1.165) is 38.3 Å².